The maximum Gasteiger partial charge on any atom is 0.292 e. The van der Waals surface area contributed by atoms with Crippen molar-refractivity contribution in [1.82, 2.24) is 0 Å². The number of halogens is 1. The molecule has 1 heterocycles. The number of nitrogens with two attached hydrogens (primary N) is 1. The Bertz CT molecular complexity index is 552. The first-order valence-electron chi connectivity index (χ1n) is 8.11. The van der Waals surface area contributed by atoms with Crippen molar-refractivity contribution in [3.05, 3.63) is 29.3 Å². The molecule has 2 amide bonds. The van der Waals surface area contributed by atoms with E-state index in [1.54, 1.807) is 24.3 Å². The molecule has 0 bridgehead atoms. The Morgan fingerprint density at radius 3 is 2.45 bits per heavy atom. The van der Waals surface area contributed by atoms with E-state index in [1.807, 2.05) is 0 Å². The predicted octanol–water partition coefficient (Wildman–Crippen LogP) is 2.12. The zero-order chi connectivity index (χ0) is 15.5. The molecule has 0 spiro atoms. The number of carbonyl (C=O) groups excluding carboxylic acids is 2. The largest absolute Gasteiger partial charge is 0.335 e. The second-order valence-corrected chi connectivity index (χ2v) is 6.77. The predicted molar refractivity (Wildman–Crippen MR) is 85.7 cm³/mol. The maximum absolute atomic E-state index is 12.5. The molecule has 22 heavy (non-hydrogen) atoms. The molecule has 118 valence electrons. The highest BCUT2D eigenvalue weighted by molar-refractivity contribution is 6.30. The van der Waals surface area contributed by atoms with Gasteiger partial charge in [0.2, 0.25) is 5.91 Å². The summed E-state index contributed by atoms with van der Waals surface area (Å²) in [6, 6.07) is 6.60. The zero-order valence-corrected chi connectivity index (χ0v) is 13.4. The molecule has 1 aliphatic carbocycles. The molecule has 0 radical (unpaired) electrons. The average Bonchev–Trinajstić information content (AvgIpc) is 2.82. The standard InChI is InChI=1S/C17H21ClN2O2/c18-13-6-8-14(9-7-13)20-16(21)10-15(17(20)22)19-11-12-4-2-1-3-5-12/h6-9,12,15,19H,1-5,10-11H2/p+1/t15-/m0/s1. The number of nitrogens with zero attached hydrogens (tertiary/aromatic N) is 1. The van der Waals surface area contributed by atoms with Gasteiger partial charge in [0.05, 0.1) is 18.7 Å². The number of benzene rings is 1. The number of hydrogen-bond acceptors (Lipinski definition) is 2. The van der Waals surface area contributed by atoms with Gasteiger partial charge in [-0.2, -0.15) is 0 Å². The molecule has 1 saturated heterocycles. The van der Waals surface area contributed by atoms with Crippen LogP contribution in [0.3, 0.4) is 0 Å². The van der Waals surface area contributed by atoms with Gasteiger partial charge in [0.25, 0.3) is 5.91 Å². The molecule has 2 N–H and O–H groups in total. The summed E-state index contributed by atoms with van der Waals surface area (Å²) >= 11 is 5.86. The number of anilines is 1. The molecule has 0 unspecified atom stereocenters. The molecular formula is C17H22ClN2O2+. The number of quaternary nitrogens is 1. The van der Waals surface area contributed by atoms with Crippen LogP contribution in [0.15, 0.2) is 24.3 Å². The number of hydrogen-bond donors (Lipinski definition) is 1. The molecule has 2 aliphatic rings. The van der Waals surface area contributed by atoms with E-state index >= 15 is 0 Å². The van der Waals surface area contributed by atoms with Crippen molar-refractivity contribution in [2.75, 3.05) is 11.4 Å². The highest BCUT2D eigenvalue weighted by atomic mass is 35.5. The zero-order valence-electron chi connectivity index (χ0n) is 12.6. The van der Waals surface area contributed by atoms with E-state index in [0.717, 1.165) is 6.54 Å². The van der Waals surface area contributed by atoms with Gasteiger partial charge in [-0.1, -0.05) is 30.9 Å². The molecule has 1 atom stereocenters. The van der Waals surface area contributed by atoms with Crippen LogP contribution in [0.4, 0.5) is 5.69 Å². The summed E-state index contributed by atoms with van der Waals surface area (Å²) in [5.74, 6) is 0.488. The highest BCUT2D eigenvalue weighted by Crippen LogP contribution is 2.24. The van der Waals surface area contributed by atoms with E-state index < -0.39 is 0 Å². The topological polar surface area (TPSA) is 54.0 Å². The van der Waals surface area contributed by atoms with Gasteiger partial charge in [0.15, 0.2) is 6.04 Å². The van der Waals surface area contributed by atoms with Crippen LogP contribution in [-0.4, -0.2) is 24.4 Å². The van der Waals surface area contributed by atoms with Crippen LogP contribution in [0.25, 0.3) is 0 Å². The first-order valence-corrected chi connectivity index (χ1v) is 8.48. The second kappa shape index (κ2) is 6.80. The lowest BCUT2D eigenvalue weighted by Gasteiger charge is -2.21. The molecule has 2 fully saturated rings. The SMILES string of the molecule is O=C1C[C@H]([NH2+]CC2CCCCC2)C(=O)N1c1ccc(Cl)cc1. The lowest BCUT2D eigenvalue weighted by atomic mass is 9.89. The first kappa shape index (κ1) is 15.5. The summed E-state index contributed by atoms with van der Waals surface area (Å²) in [7, 11) is 0. The second-order valence-electron chi connectivity index (χ2n) is 6.33. The van der Waals surface area contributed by atoms with Crippen LogP contribution in [0.5, 0.6) is 0 Å². The summed E-state index contributed by atoms with van der Waals surface area (Å²) in [4.78, 5) is 26.0. The first-order chi connectivity index (χ1) is 10.6. The molecule has 5 heteroatoms. The van der Waals surface area contributed by atoms with Crippen molar-refractivity contribution in [2.24, 2.45) is 5.92 Å². The minimum absolute atomic E-state index is 0.0943. The lowest BCUT2D eigenvalue weighted by Crippen LogP contribution is -2.92. The summed E-state index contributed by atoms with van der Waals surface area (Å²) in [5.41, 5.74) is 0.618. The van der Waals surface area contributed by atoms with Crippen LogP contribution in [-0.2, 0) is 9.59 Å². The summed E-state index contributed by atoms with van der Waals surface area (Å²) in [6.07, 6.45) is 6.74. The van der Waals surface area contributed by atoms with Crippen LogP contribution >= 0.6 is 11.6 Å². The van der Waals surface area contributed by atoms with Gasteiger partial charge >= 0.3 is 0 Å². The molecule has 1 aromatic rings. The normalized spacial score (nSPS) is 23.3. The van der Waals surface area contributed by atoms with E-state index in [9.17, 15) is 9.59 Å². The van der Waals surface area contributed by atoms with Gasteiger partial charge in [-0.3, -0.25) is 9.59 Å². The van der Waals surface area contributed by atoms with Crippen molar-refractivity contribution in [2.45, 2.75) is 44.6 Å². The number of amides is 2. The van der Waals surface area contributed by atoms with Crippen molar-refractivity contribution in [3.8, 4) is 0 Å². The van der Waals surface area contributed by atoms with Crippen molar-refractivity contribution in [1.29, 1.82) is 0 Å². The van der Waals surface area contributed by atoms with Gasteiger partial charge in [-0.15, -0.1) is 0 Å². The average molecular weight is 322 g/mol. The van der Waals surface area contributed by atoms with Crippen LogP contribution in [0, 0.1) is 5.92 Å². The van der Waals surface area contributed by atoms with Gasteiger partial charge in [-0.05, 0) is 37.1 Å². The van der Waals surface area contributed by atoms with E-state index in [1.165, 1.54) is 37.0 Å². The van der Waals surface area contributed by atoms with Crippen LogP contribution < -0.4 is 10.2 Å². The van der Waals surface area contributed by atoms with Gasteiger partial charge in [0.1, 0.15) is 0 Å². The molecule has 1 aromatic carbocycles. The molecule has 0 aromatic heterocycles. The summed E-state index contributed by atoms with van der Waals surface area (Å²) in [6.45, 7) is 0.956. The van der Waals surface area contributed by atoms with Crippen LogP contribution in [0.1, 0.15) is 38.5 Å². The number of carbonyl (C=O) groups is 2. The van der Waals surface area contributed by atoms with Crippen molar-refractivity contribution < 1.29 is 14.9 Å². The van der Waals surface area contributed by atoms with E-state index in [2.05, 4.69) is 5.32 Å². The van der Waals surface area contributed by atoms with Gasteiger partial charge < -0.3 is 5.32 Å². The molecular weight excluding hydrogens is 300 g/mol. The molecule has 1 saturated carbocycles. The number of imide groups is 1. The van der Waals surface area contributed by atoms with Crippen molar-refractivity contribution in [3.63, 3.8) is 0 Å². The fourth-order valence-electron chi connectivity index (χ4n) is 3.48. The minimum Gasteiger partial charge on any atom is -0.335 e. The Balaban J connectivity index is 1.62. The Labute approximate surface area is 135 Å². The Morgan fingerprint density at radius 2 is 1.77 bits per heavy atom. The fourth-order valence-corrected chi connectivity index (χ4v) is 3.61. The number of rotatable bonds is 4. The summed E-state index contributed by atoms with van der Waals surface area (Å²) < 4.78 is 0. The monoisotopic (exact) mass is 321 g/mol. The Kier molecular flexibility index (Phi) is 4.79. The van der Waals surface area contributed by atoms with E-state index in [-0.39, 0.29) is 17.9 Å². The maximum atomic E-state index is 12.5. The van der Waals surface area contributed by atoms with E-state index in [0.29, 0.717) is 23.0 Å². The minimum atomic E-state index is -0.259. The Hall–Kier alpha value is -1.39. The molecule has 4 nitrogen and oxygen atoms in total. The van der Waals surface area contributed by atoms with E-state index in [4.69, 9.17) is 11.6 Å². The highest BCUT2D eigenvalue weighted by Gasteiger charge is 2.42. The fraction of sp³-hybridized carbons (Fsp3) is 0.529. The van der Waals surface area contributed by atoms with Gasteiger partial charge in [0, 0.05) is 10.9 Å². The molecule has 3 rings (SSSR count). The quantitative estimate of drug-likeness (QED) is 0.864. The Morgan fingerprint density at radius 1 is 1.09 bits per heavy atom. The third kappa shape index (κ3) is 3.33. The van der Waals surface area contributed by atoms with Gasteiger partial charge in [-0.25, -0.2) is 4.90 Å². The third-order valence-corrected chi connectivity index (χ3v) is 5.00. The third-order valence-electron chi connectivity index (χ3n) is 4.75. The molecule has 1 aliphatic heterocycles. The van der Waals surface area contributed by atoms with Crippen molar-refractivity contribution >= 4 is 29.1 Å². The summed E-state index contributed by atoms with van der Waals surface area (Å²) in [5, 5.41) is 2.68. The smallest absolute Gasteiger partial charge is 0.292 e. The van der Waals surface area contributed by atoms with Crippen LogP contribution in [0.2, 0.25) is 5.02 Å². The lowest BCUT2D eigenvalue weighted by molar-refractivity contribution is -0.680.